The molecule has 0 spiro atoms. The van der Waals surface area contributed by atoms with Gasteiger partial charge in [0, 0.05) is 5.69 Å². The molecule has 0 bridgehead atoms. The van der Waals surface area contributed by atoms with Crippen molar-refractivity contribution in [2.75, 3.05) is 5.73 Å². The normalized spacial score (nSPS) is 17.6. The number of nitrogens with two attached hydrogens (primary N) is 1. The third-order valence-electron chi connectivity index (χ3n) is 4.43. The van der Waals surface area contributed by atoms with Crippen LogP contribution in [0.1, 0.15) is 54.5 Å². The maximum Gasteiger partial charge on any atom is 0.0384 e. The molecule has 1 nitrogen and oxygen atoms in total. The fourth-order valence-corrected chi connectivity index (χ4v) is 3.77. The fraction of sp³-hybridized carbons (Fsp3) is 0.625. The molecule has 1 aromatic rings. The average Bonchev–Trinajstić information content (AvgIpc) is 2.92. The molecule has 0 heterocycles. The van der Waals surface area contributed by atoms with E-state index in [0.29, 0.717) is 0 Å². The van der Waals surface area contributed by atoms with E-state index in [1.807, 2.05) is 0 Å². The lowest BCUT2D eigenvalue weighted by atomic mass is 9.88. The molecule has 0 aliphatic heterocycles. The van der Waals surface area contributed by atoms with Crippen LogP contribution in [-0.2, 0) is 32.1 Å². The minimum Gasteiger partial charge on any atom is -0.398 e. The van der Waals surface area contributed by atoms with Gasteiger partial charge in [-0.1, -0.05) is 13.8 Å². The Morgan fingerprint density at radius 1 is 0.882 bits per heavy atom. The van der Waals surface area contributed by atoms with Gasteiger partial charge in [-0.15, -0.1) is 0 Å². The van der Waals surface area contributed by atoms with Gasteiger partial charge in [-0.3, -0.25) is 0 Å². The lowest BCUT2D eigenvalue weighted by molar-refractivity contribution is 0.639. The topological polar surface area (TPSA) is 26.0 Å². The Balaban J connectivity index is 2.19. The SMILES string of the molecule is CC(C)Cc1c2c(c(N)c3c1CCC3)CCC2. The molecule has 3 rings (SSSR count). The Morgan fingerprint density at radius 3 is 1.82 bits per heavy atom. The van der Waals surface area contributed by atoms with Crippen LogP contribution in [-0.4, -0.2) is 0 Å². The number of nitrogen functional groups attached to an aromatic ring is 1. The number of fused-ring (bicyclic) bond motifs is 2. The monoisotopic (exact) mass is 229 g/mol. The van der Waals surface area contributed by atoms with Gasteiger partial charge in [0.15, 0.2) is 0 Å². The average molecular weight is 229 g/mol. The Labute approximate surface area is 104 Å². The molecule has 1 aromatic carbocycles. The van der Waals surface area contributed by atoms with Crippen molar-refractivity contribution in [2.45, 2.75) is 58.8 Å². The first-order valence-electron chi connectivity index (χ1n) is 7.12. The van der Waals surface area contributed by atoms with Crippen molar-refractivity contribution in [3.05, 3.63) is 27.8 Å². The van der Waals surface area contributed by atoms with Crippen LogP contribution in [0.25, 0.3) is 0 Å². The van der Waals surface area contributed by atoms with E-state index in [0.717, 1.165) is 11.6 Å². The van der Waals surface area contributed by atoms with E-state index in [9.17, 15) is 0 Å². The molecule has 0 atom stereocenters. The van der Waals surface area contributed by atoms with E-state index < -0.39 is 0 Å². The summed E-state index contributed by atoms with van der Waals surface area (Å²) in [6.07, 6.45) is 8.87. The van der Waals surface area contributed by atoms with E-state index in [4.69, 9.17) is 5.73 Å². The summed E-state index contributed by atoms with van der Waals surface area (Å²) in [6.45, 7) is 4.66. The second kappa shape index (κ2) is 4.04. The molecule has 0 radical (unpaired) electrons. The maximum absolute atomic E-state index is 6.39. The van der Waals surface area contributed by atoms with Crippen LogP contribution in [0.5, 0.6) is 0 Å². The predicted octanol–water partition coefficient (Wildman–Crippen LogP) is 3.44. The quantitative estimate of drug-likeness (QED) is 0.772. The van der Waals surface area contributed by atoms with Gasteiger partial charge in [0.1, 0.15) is 0 Å². The van der Waals surface area contributed by atoms with E-state index in [1.165, 1.54) is 56.1 Å². The molecule has 1 heteroatoms. The zero-order chi connectivity index (χ0) is 12.0. The highest BCUT2D eigenvalue weighted by Crippen LogP contribution is 2.40. The van der Waals surface area contributed by atoms with E-state index in [2.05, 4.69) is 13.8 Å². The summed E-state index contributed by atoms with van der Waals surface area (Å²) in [5.74, 6) is 0.757. The lowest BCUT2D eigenvalue weighted by Crippen LogP contribution is -2.08. The molecule has 0 aromatic heterocycles. The predicted molar refractivity (Wildman–Crippen MR) is 73.4 cm³/mol. The van der Waals surface area contributed by atoms with Crippen LogP contribution in [0, 0.1) is 5.92 Å². The molecule has 0 saturated heterocycles. The summed E-state index contributed by atoms with van der Waals surface area (Å²) in [7, 11) is 0. The second-order valence-corrected chi connectivity index (χ2v) is 6.11. The zero-order valence-electron chi connectivity index (χ0n) is 11.1. The van der Waals surface area contributed by atoms with Gasteiger partial charge in [-0.05, 0) is 78.7 Å². The third kappa shape index (κ3) is 1.67. The molecule has 2 N–H and O–H groups in total. The number of hydrogen-bond donors (Lipinski definition) is 1. The summed E-state index contributed by atoms with van der Waals surface area (Å²) >= 11 is 0. The van der Waals surface area contributed by atoms with Gasteiger partial charge in [-0.2, -0.15) is 0 Å². The van der Waals surface area contributed by atoms with Crippen LogP contribution in [0.15, 0.2) is 0 Å². The van der Waals surface area contributed by atoms with Crippen molar-refractivity contribution < 1.29 is 0 Å². The van der Waals surface area contributed by atoms with Crippen LogP contribution >= 0.6 is 0 Å². The summed E-state index contributed by atoms with van der Waals surface area (Å²) in [4.78, 5) is 0. The van der Waals surface area contributed by atoms with Crippen molar-refractivity contribution >= 4 is 5.69 Å². The van der Waals surface area contributed by atoms with E-state index in [-0.39, 0.29) is 0 Å². The van der Waals surface area contributed by atoms with Gasteiger partial charge in [-0.25, -0.2) is 0 Å². The Kier molecular flexibility index (Phi) is 2.65. The van der Waals surface area contributed by atoms with Crippen molar-refractivity contribution in [3.63, 3.8) is 0 Å². The van der Waals surface area contributed by atoms with Gasteiger partial charge >= 0.3 is 0 Å². The molecule has 2 aliphatic carbocycles. The summed E-state index contributed by atoms with van der Waals surface area (Å²) in [5, 5.41) is 0. The number of anilines is 1. The van der Waals surface area contributed by atoms with Crippen molar-refractivity contribution in [3.8, 4) is 0 Å². The van der Waals surface area contributed by atoms with Gasteiger partial charge in [0.2, 0.25) is 0 Å². The largest absolute Gasteiger partial charge is 0.398 e. The second-order valence-electron chi connectivity index (χ2n) is 6.11. The number of benzene rings is 1. The molecule has 92 valence electrons. The van der Waals surface area contributed by atoms with Crippen LogP contribution in [0.3, 0.4) is 0 Å². The van der Waals surface area contributed by atoms with Crippen molar-refractivity contribution in [1.29, 1.82) is 0 Å². The standard InChI is InChI=1S/C16H23N/c1-10(2)9-15-11-5-3-7-13(11)16(17)14-8-4-6-12(14)15/h10H,3-9,17H2,1-2H3. The van der Waals surface area contributed by atoms with E-state index >= 15 is 0 Å². The molecule has 2 aliphatic rings. The van der Waals surface area contributed by atoms with Crippen LogP contribution < -0.4 is 5.73 Å². The van der Waals surface area contributed by atoms with Gasteiger partial charge in [0.05, 0.1) is 0 Å². The number of hydrogen-bond acceptors (Lipinski definition) is 1. The molecular formula is C16H23N. The van der Waals surface area contributed by atoms with Gasteiger partial charge < -0.3 is 5.73 Å². The Morgan fingerprint density at radius 2 is 1.35 bits per heavy atom. The molecule has 0 saturated carbocycles. The van der Waals surface area contributed by atoms with Crippen LogP contribution in [0.4, 0.5) is 5.69 Å². The Bertz CT molecular complexity index is 422. The minimum absolute atomic E-state index is 0.757. The first-order chi connectivity index (χ1) is 8.18. The third-order valence-corrected chi connectivity index (χ3v) is 4.43. The maximum atomic E-state index is 6.39. The molecule has 0 unspecified atom stereocenters. The molecule has 0 amide bonds. The summed E-state index contributed by atoms with van der Waals surface area (Å²) in [6, 6.07) is 0. The molecular weight excluding hydrogens is 206 g/mol. The van der Waals surface area contributed by atoms with E-state index in [1.54, 1.807) is 16.7 Å². The van der Waals surface area contributed by atoms with Crippen molar-refractivity contribution in [1.82, 2.24) is 0 Å². The molecule has 0 fully saturated rings. The highest BCUT2D eigenvalue weighted by molar-refractivity contribution is 5.66. The highest BCUT2D eigenvalue weighted by atomic mass is 14.6. The summed E-state index contributed by atoms with van der Waals surface area (Å²) in [5.41, 5.74) is 15.5. The smallest absolute Gasteiger partial charge is 0.0384 e. The highest BCUT2D eigenvalue weighted by Gasteiger charge is 2.27. The Hall–Kier alpha value is -0.980. The zero-order valence-corrected chi connectivity index (χ0v) is 11.1. The number of rotatable bonds is 2. The van der Waals surface area contributed by atoms with Crippen LogP contribution in [0.2, 0.25) is 0 Å². The lowest BCUT2D eigenvalue weighted by Gasteiger charge is -2.19. The summed E-state index contributed by atoms with van der Waals surface area (Å²) < 4.78 is 0. The van der Waals surface area contributed by atoms with Crippen molar-refractivity contribution in [2.24, 2.45) is 5.92 Å². The first-order valence-corrected chi connectivity index (χ1v) is 7.12. The molecule has 17 heavy (non-hydrogen) atoms. The minimum atomic E-state index is 0.757. The fourth-order valence-electron chi connectivity index (χ4n) is 3.77. The first kappa shape index (κ1) is 11.1. The van der Waals surface area contributed by atoms with Gasteiger partial charge in [0.25, 0.3) is 0 Å².